The Bertz CT molecular complexity index is 245. The molecule has 4 heteroatoms. The minimum atomic E-state index is -0.679. The van der Waals surface area contributed by atoms with Crippen LogP contribution < -0.4 is 5.32 Å². The summed E-state index contributed by atoms with van der Waals surface area (Å²) in [7, 11) is 0. The molecule has 2 rings (SSSR count). The number of carbonyl (C=O) groups is 1. The molecule has 1 heterocycles. The topological polar surface area (TPSA) is 52.6 Å². The first-order valence-corrected chi connectivity index (χ1v) is 5.89. The normalized spacial score (nSPS) is 38.1. The fraction of sp³-hybridized carbons (Fsp3) is 0.909. The fourth-order valence-electron chi connectivity index (χ4n) is 2.96. The lowest BCUT2D eigenvalue weighted by Gasteiger charge is -2.39. The van der Waals surface area contributed by atoms with Gasteiger partial charge in [-0.15, -0.1) is 0 Å². The molecule has 0 amide bonds. The van der Waals surface area contributed by atoms with Crippen molar-refractivity contribution >= 4 is 5.97 Å². The highest BCUT2D eigenvalue weighted by Gasteiger charge is 2.37. The number of rotatable bonds is 2. The van der Waals surface area contributed by atoms with E-state index in [4.69, 9.17) is 0 Å². The molecular weight excluding hydrogens is 192 g/mol. The number of hydrogen-bond donors (Lipinski definition) is 2. The average Bonchev–Trinajstić information content (AvgIpc) is 2.64. The Labute approximate surface area is 90.6 Å². The van der Waals surface area contributed by atoms with Gasteiger partial charge in [0.05, 0.1) is 0 Å². The molecule has 86 valence electrons. The second-order valence-corrected chi connectivity index (χ2v) is 4.77. The quantitative estimate of drug-likeness (QED) is 0.701. The predicted octanol–water partition coefficient (Wildman–Crippen LogP) is 0.533. The monoisotopic (exact) mass is 212 g/mol. The summed E-state index contributed by atoms with van der Waals surface area (Å²) < 4.78 is 0. The minimum Gasteiger partial charge on any atom is -0.480 e. The molecule has 2 aliphatic rings. The van der Waals surface area contributed by atoms with Gasteiger partial charge in [-0.3, -0.25) is 9.69 Å². The van der Waals surface area contributed by atoms with Gasteiger partial charge in [0, 0.05) is 25.7 Å². The Balaban J connectivity index is 2.06. The maximum Gasteiger partial charge on any atom is 0.322 e. The molecular formula is C11H20N2O2. The van der Waals surface area contributed by atoms with Gasteiger partial charge in [0.1, 0.15) is 6.04 Å². The third-order valence-electron chi connectivity index (χ3n) is 3.81. The molecule has 2 N–H and O–H groups in total. The van der Waals surface area contributed by atoms with Crippen molar-refractivity contribution in [1.29, 1.82) is 0 Å². The van der Waals surface area contributed by atoms with E-state index in [0.717, 1.165) is 13.1 Å². The van der Waals surface area contributed by atoms with E-state index < -0.39 is 5.97 Å². The molecule has 0 radical (unpaired) electrons. The second-order valence-electron chi connectivity index (χ2n) is 4.77. The van der Waals surface area contributed by atoms with Crippen molar-refractivity contribution in [2.75, 3.05) is 19.6 Å². The van der Waals surface area contributed by atoms with E-state index in [1.165, 1.54) is 19.3 Å². The molecule has 1 saturated heterocycles. The van der Waals surface area contributed by atoms with Gasteiger partial charge in [0.25, 0.3) is 0 Å². The standard InChI is InChI=1S/C11H20N2O2/c1-8-3-2-4-9(8)13-6-5-12-7-10(13)11(14)15/h8-10,12H,2-7H2,1H3,(H,14,15). The van der Waals surface area contributed by atoms with Crippen molar-refractivity contribution in [3.05, 3.63) is 0 Å². The molecule has 0 aromatic carbocycles. The van der Waals surface area contributed by atoms with Crippen molar-refractivity contribution in [3.8, 4) is 0 Å². The van der Waals surface area contributed by atoms with Gasteiger partial charge in [-0.1, -0.05) is 13.3 Å². The van der Waals surface area contributed by atoms with Crippen molar-refractivity contribution in [2.45, 2.75) is 38.3 Å². The molecule has 0 aromatic heterocycles. The smallest absolute Gasteiger partial charge is 0.322 e. The summed E-state index contributed by atoms with van der Waals surface area (Å²) in [5.41, 5.74) is 0. The Morgan fingerprint density at radius 3 is 2.87 bits per heavy atom. The SMILES string of the molecule is CC1CCCC1N1CCNCC1C(=O)O. The number of carboxylic acid groups (broad SMARTS) is 1. The first kappa shape index (κ1) is 10.9. The highest BCUT2D eigenvalue weighted by atomic mass is 16.4. The molecule has 1 aliphatic heterocycles. The molecule has 1 saturated carbocycles. The molecule has 3 unspecified atom stereocenters. The van der Waals surface area contributed by atoms with E-state index in [1.807, 2.05) is 0 Å². The predicted molar refractivity (Wildman–Crippen MR) is 57.8 cm³/mol. The van der Waals surface area contributed by atoms with Gasteiger partial charge in [-0.2, -0.15) is 0 Å². The van der Waals surface area contributed by atoms with Crippen LogP contribution in [0.3, 0.4) is 0 Å². The zero-order chi connectivity index (χ0) is 10.8. The van der Waals surface area contributed by atoms with Gasteiger partial charge in [0.15, 0.2) is 0 Å². The van der Waals surface area contributed by atoms with Crippen LogP contribution in [-0.2, 0) is 4.79 Å². The van der Waals surface area contributed by atoms with Crippen LogP contribution >= 0.6 is 0 Å². The molecule has 4 nitrogen and oxygen atoms in total. The first-order valence-electron chi connectivity index (χ1n) is 5.89. The van der Waals surface area contributed by atoms with Crippen LogP contribution in [-0.4, -0.2) is 47.7 Å². The zero-order valence-corrected chi connectivity index (χ0v) is 9.28. The van der Waals surface area contributed by atoms with Crippen LogP contribution in [0.15, 0.2) is 0 Å². The molecule has 3 atom stereocenters. The van der Waals surface area contributed by atoms with Crippen molar-refractivity contribution in [3.63, 3.8) is 0 Å². The van der Waals surface area contributed by atoms with Crippen molar-refractivity contribution in [2.24, 2.45) is 5.92 Å². The zero-order valence-electron chi connectivity index (χ0n) is 9.28. The summed E-state index contributed by atoms with van der Waals surface area (Å²) in [4.78, 5) is 13.4. The number of piperazine rings is 1. The Hall–Kier alpha value is -0.610. The maximum absolute atomic E-state index is 11.1. The van der Waals surface area contributed by atoms with Crippen LogP contribution in [0.5, 0.6) is 0 Å². The van der Waals surface area contributed by atoms with E-state index in [-0.39, 0.29) is 6.04 Å². The lowest BCUT2D eigenvalue weighted by atomic mass is 10.0. The van der Waals surface area contributed by atoms with Gasteiger partial charge in [-0.25, -0.2) is 0 Å². The molecule has 0 spiro atoms. The van der Waals surface area contributed by atoms with Gasteiger partial charge in [0.2, 0.25) is 0 Å². The van der Waals surface area contributed by atoms with E-state index in [0.29, 0.717) is 18.5 Å². The summed E-state index contributed by atoms with van der Waals surface area (Å²) in [6, 6.07) is 0.178. The van der Waals surface area contributed by atoms with E-state index in [9.17, 15) is 9.90 Å². The molecule has 15 heavy (non-hydrogen) atoms. The summed E-state index contributed by atoms with van der Waals surface area (Å²) in [6.07, 6.45) is 3.67. The largest absolute Gasteiger partial charge is 0.480 e. The highest BCUT2D eigenvalue weighted by Crippen LogP contribution is 2.31. The van der Waals surface area contributed by atoms with Crippen LogP contribution in [0, 0.1) is 5.92 Å². The lowest BCUT2D eigenvalue weighted by molar-refractivity contribution is -0.145. The summed E-state index contributed by atoms with van der Waals surface area (Å²) in [6.45, 7) is 4.65. The van der Waals surface area contributed by atoms with Crippen LogP contribution in [0.1, 0.15) is 26.2 Å². The van der Waals surface area contributed by atoms with E-state index >= 15 is 0 Å². The number of aliphatic carboxylic acids is 1. The average molecular weight is 212 g/mol. The number of nitrogens with zero attached hydrogens (tertiary/aromatic N) is 1. The van der Waals surface area contributed by atoms with E-state index in [2.05, 4.69) is 17.1 Å². The first-order chi connectivity index (χ1) is 7.20. The maximum atomic E-state index is 11.1. The number of nitrogens with one attached hydrogen (secondary N) is 1. The Kier molecular flexibility index (Phi) is 3.26. The van der Waals surface area contributed by atoms with Crippen molar-refractivity contribution in [1.82, 2.24) is 10.2 Å². The van der Waals surface area contributed by atoms with Gasteiger partial charge < -0.3 is 10.4 Å². The van der Waals surface area contributed by atoms with Crippen LogP contribution in [0.4, 0.5) is 0 Å². The molecule has 1 aliphatic carbocycles. The van der Waals surface area contributed by atoms with Crippen LogP contribution in [0.2, 0.25) is 0 Å². The Morgan fingerprint density at radius 2 is 2.27 bits per heavy atom. The second kappa shape index (κ2) is 4.49. The Morgan fingerprint density at radius 1 is 1.47 bits per heavy atom. The highest BCUT2D eigenvalue weighted by molar-refractivity contribution is 5.74. The number of carboxylic acids is 1. The fourth-order valence-corrected chi connectivity index (χ4v) is 2.96. The summed E-state index contributed by atoms with van der Waals surface area (Å²) >= 11 is 0. The van der Waals surface area contributed by atoms with Gasteiger partial charge >= 0.3 is 5.97 Å². The molecule has 0 bridgehead atoms. The molecule has 2 fully saturated rings. The summed E-state index contributed by atoms with van der Waals surface area (Å²) in [5.74, 6) is -0.0220. The lowest BCUT2D eigenvalue weighted by Crippen LogP contribution is -2.58. The minimum absolute atomic E-state index is 0.315. The van der Waals surface area contributed by atoms with E-state index in [1.54, 1.807) is 0 Å². The third-order valence-corrected chi connectivity index (χ3v) is 3.81. The summed E-state index contributed by atoms with van der Waals surface area (Å²) in [5, 5.41) is 12.3. The van der Waals surface area contributed by atoms with Crippen molar-refractivity contribution < 1.29 is 9.90 Å². The van der Waals surface area contributed by atoms with Crippen LogP contribution in [0.25, 0.3) is 0 Å². The number of hydrogen-bond acceptors (Lipinski definition) is 3. The molecule has 0 aromatic rings. The van der Waals surface area contributed by atoms with Gasteiger partial charge in [-0.05, 0) is 18.8 Å². The third kappa shape index (κ3) is 2.16.